The lowest BCUT2D eigenvalue weighted by molar-refractivity contribution is -0.0498. The van der Waals surface area contributed by atoms with Gasteiger partial charge in [0.2, 0.25) is 11.8 Å². The van der Waals surface area contributed by atoms with Crippen LogP contribution in [0.5, 0.6) is 11.6 Å². The highest BCUT2D eigenvalue weighted by Crippen LogP contribution is 2.25. The van der Waals surface area contributed by atoms with Gasteiger partial charge in [0.05, 0.1) is 6.61 Å². The van der Waals surface area contributed by atoms with Gasteiger partial charge in [0.1, 0.15) is 5.75 Å². The molecule has 2 aromatic rings. The van der Waals surface area contributed by atoms with E-state index in [9.17, 15) is 8.78 Å². The van der Waals surface area contributed by atoms with Crippen LogP contribution in [0.4, 0.5) is 14.7 Å². The van der Waals surface area contributed by atoms with Gasteiger partial charge >= 0.3 is 6.61 Å². The van der Waals surface area contributed by atoms with E-state index >= 15 is 0 Å². The predicted molar refractivity (Wildman–Crippen MR) is 98.5 cm³/mol. The summed E-state index contributed by atoms with van der Waals surface area (Å²) in [5, 5.41) is 0. The molecule has 3 rings (SSSR count). The van der Waals surface area contributed by atoms with Crippen LogP contribution in [-0.4, -0.2) is 54.3 Å². The van der Waals surface area contributed by atoms with Gasteiger partial charge in [0, 0.05) is 44.5 Å². The highest BCUT2D eigenvalue weighted by Gasteiger charge is 2.23. The number of anilines is 1. The van der Waals surface area contributed by atoms with Gasteiger partial charge in [-0.25, -0.2) is 4.98 Å². The smallest absolute Gasteiger partial charge is 0.387 e. The molecule has 0 bridgehead atoms. The maximum Gasteiger partial charge on any atom is 0.387 e. The summed E-state index contributed by atoms with van der Waals surface area (Å²) in [6.07, 6.45) is 1.71. The fourth-order valence-corrected chi connectivity index (χ4v) is 3.16. The van der Waals surface area contributed by atoms with Crippen LogP contribution < -0.4 is 14.4 Å². The zero-order valence-corrected chi connectivity index (χ0v) is 15.5. The van der Waals surface area contributed by atoms with Crippen molar-refractivity contribution in [1.29, 1.82) is 0 Å². The van der Waals surface area contributed by atoms with Crippen molar-refractivity contribution in [2.45, 2.75) is 26.5 Å². The Labute approximate surface area is 157 Å². The van der Waals surface area contributed by atoms with E-state index in [2.05, 4.69) is 31.4 Å². The number of halogens is 2. The summed E-state index contributed by atoms with van der Waals surface area (Å²) in [7, 11) is 0. The Hall–Kier alpha value is -2.48. The topological polar surface area (TPSA) is 50.7 Å². The Morgan fingerprint density at radius 1 is 1.07 bits per heavy atom. The zero-order chi connectivity index (χ0) is 19.2. The van der Waals surface area contributed by atoms with Crippen LogP contribution in [0.3, 0.4) is 0 Å². The molecule has 0 saturated carbocycles. The monoisotopic (exact) mass is 378 g/mol. The van der Waals surface area contributed by atoms with Crippen LogP contribution in [0.15, 0.2) is 36.5 Å². The maximum atomic E-state index is 12.3. The number of nitrogens with zero attached hydrogens (tertiary/aromatic N) is 4. The SMILES string of the molecule is CCOc1ccnc(N2CCN(C(C)c3ccc(OC(F)F)cc3)CC2)n1. The Balaban J connectivity index is 1.57. The summed E-state index contributed by atoms with van der Waals surface area (Å²) in [6.45, 7) is 5.16. The molecular weight excluding hydrogens is 354 g/mol. The normalized spacial score (nSPS) is 16.4. The van der Waals surface area contributed by atoms with Crippen molar-refractivity contribution >= 4 is 5.95 Å². The number of hydrogen-bond acceptors (Lipinski definition) is 6. The third-order valence-corrected chi connectivity index (χ3v) is 4.64. The molecule has 1 unspecified atom stereocenters. The van der Waals surface area contributed by atoms with E-state index in [0.29, 0.717) is 18.4 Å². The first-order valence-corrected chi connectivity index (χ1v) is 9.06. The summed E-state index contributed by atoms with van der Waals surface area (Å²) in [5.41, 5.74) is 1.07. The molecule has 0 N–H and O–H groups in total. The Morgan fingerprint density at radius 2 is 1.78 bits per heavy atom. The lowest BCUT2D eigenvalue weighted by Crippen LogP contribution is -2.47. The molecule has 146 valence electrons. The van der Waals surface area contributed by atoms with Crippen LogP contribution in [0.25, 0.3) is 0 Å². The molecule has 0 aliphatic carbocycles. The van der Waals surface area contributed by atoms with Crippen molar-refractivity contribution in [2.75, 3.05) is 37.7 Å². The summed E-state index contributed by atoms with van der Waals surface area (Å²) in [4.78, 5) is 13.3. The number of alkyl halides is 2. The van der Waals surface area contributed by atoms with Crippen LogP contribution in [0, 0.1) is 0 Å². The van der Waals surface area contributed by atoms with Crippen LogP contribution in [0.1, 0.15) is 25.5 Å². The van der Waals surface area contributed by atoms with E-state index in [1.165, 1.54) is 0 Å². The molecule has 0 spiro atoms. The molecule has 1 aliphatic heterocycles. The molecule has 1 aromatic carbocycles. The molecule has 1 saturated heterocycles. The average molecular weight is 378 g/mol. The van der Waals surface area contributed by atoms with Gasteiger partial charge in [0.15, 0.2) is 0 Å². The number of rotatable bonds is 7. The number of aromatic nitrogens is 2. The third kappa shape index (κ3) is 5.03. The second-order valence-corrected chi connectivity index (χ2v) is 6.27. The van der Waals surface area contributed by atoms with E-state index in [1.807, 2.05) is 19.1 Å². The van der Waals surface area contributed by atoms with Crippen LogP contribution >= 0.6 is 0 Å². The van der Waals surface area contributed by atoms with Gasteiger partial charge in [-0.15, -0.1) is 0 Å². The molecule has 1 aliphatic rings. The minimum Gasteiger partial charge on any atom is -0.478 e. The lowest BCUT2D eigenvalue weighted by atomic mass is 10.1. The van der Waals surface area contributed by atoms with E-state index < -0.39 is 6.61 Å². The Bertz CT molecular complexity index is 722. The molecule has 8 heteroatoms. The highest BCUT2D eigenvalue weighted by atomic mass is 19.3. The summed E-state index contributed by atoms with van der Waals surface area (Å²) in [6, 6.07) is 8.78. The first kappa shape index (κ1) is 19.3. The number of piperazine rings is 1. The largest absolute Gasteiger partial charge is 0.478 e. The third-order valence-electron chi connectivity index (χ3n) is 4.64. The van der Waals surface area contributed by atoms with Crippen molar-refractivity contribution in [2.24, 2.45) is 0 Å². The molecule has 0 radical (unpaired) electrons. The Kier molecular flexibility index (Phi) is 6.39. The molecule has 27 heavy (non-hydrogen) atoms. The molecule has 2 heterocycles. The molecule has 6 nitrogen and oxygen atoms in total. The second kappa shape index (κ2) is 8.94. The van der Waals surface area contributed by atoms with E-state index in [1.54, 1.807) is 24.4 Å². The van der Waals surface area contributed by atoms with Crippen LogP contribution in [0.2, 0.25) is 0 Å². The van der Waals surface area contributed by atoms with Crippen molar-refractivity contribution in [3.8, 4) is 11.6 Å². The predicted octanol–water partition coefficient (Wildman–Crippen LogP) is 3.36. The molecule has 1 aromatic heterocycles. The number of ether oxygens (including phenoxy) is 2. The first-order chi connectivity index (χ1) is 13.1. The molecule has 0 amide bonds. The van der Waals surface area contributed by atoms with Crippen molar-refractivity contribution in [1.82, 2.24) is 14.9 Å². The van der Waals surface area contributed by atoms with Gasteiger partial charge in [-0.3, -0.25) is 4.90 Å². The number of benzene rings is 1. The quantitative estimate of drug-likeness (QED) is 0.736. The average Bonchev–Trinajstić information content (AvgIpc) is 2.68. The first-order valence-electron chi connectivity index (χ1n) is 9.06. The van der Waals surface area contributed by atoms with Crippen molar-refractivity contribution in [3.63, 3.8) is 0 Å². The number of hydrogen-bond donors (Lipinski definition) is 0. The van der Waals surface area contributed by atoms with Gasteiger partial charge in [-0.2, -0.15) is 13.8 Å². The van der Waals surface area contributed by atoms with Crippen molar-refractivity contribution < 1.29 is 18.3 Å². The standard InChI is InChI=1S/C19H24F2N4O2/c1-3-26-17-8-9-22-19(23-17)25-12-10-24(11-13-25)14(2)15-4-6-16(7-5-15)27-18(20)21/h4-9,14,18H,3,10-13H2,1-2H3. The van der Waals surface area contributed by atoms with Gasteiger partial charge in [-0.05, 0) is 31.5 Å². The zero-order valence-electron chi connectivity index (χ0n) is 15.5. The molecular formula is C19H24F2N4O2. The van der Waals surface area contributed by atoms with E-state index in [0.717, 1.165) is 31.7 Å². The van der Waals surface area contributed by atoms with Gasteiger partial charge in [-0.1, -0.05) is 12.1 Å². The summed E-state index contributed by atoms with van der Waals surface area (Å²) in [5.74, 6) is 1.45. The minimum atomic E-state index is -2.80. The second-order valence-electron chi connectivity index (χ2n) is 6.27. The maximum absolute atomic E-state index is 12.3. The summed E-state index contributed by atoms with van der Waals surface area (Å²) < 4.78 is 34.4. The molecule has 1 fully saturated rings. The van der Waals surface area contributed by atoms with E-state index in [-0.39, 0.29) is 11.8 Å². The summed E-state index contributed by atoms with van der Waals surface area (Å²) >= 11 is 0. The molecule has 1 atom stereocenters. The van der Waals surface area contributed by atoms with Gasteiger partial charge < -0.3 is 14.4 Å². The lowest BCUT2D eigenvalue weighted by Gasteiger charge is -2.38. The van der Waals surface area contributed by atoms with Gasteiger partial charge in [0.25, 0.3) is 0 Å². The fraction of sp³-hybridized carbons (Fsp3) is 0.474. The van der Waals surface area contributed by atoms with E-state index in [4.69, 9.17) is 4.74 Å². The Morgan fingerprint density at radius 3 is 2.41 bits per heavy atom. The highest BCUT2D eigenvalue weighted by molar-refractivity contribution is 5.33. The van der Waals surface area contributed by atoms with Crippen LogP contribution in [-0.2, 0) is 0 Å². The minimum absolute atomic E-state index is 0.178. The van der Waals surface area contributed by atoms with Crippen molar-refractivity contribution in [3.05, 3.63) is 42.1 Å². The fourth-order valence-electron chi connectivity index (χ4n) is 3.16.